The van der Waals surface area contributed by atoms with Crippen molar-refractivity contribution in [2.75, 3.05) is 31.1 Å². The predicted molar refractivity (Wildman–Crippen MR) is 151 cm³/mol. The molecule has 0 spiro atoms. The number of benzene rings is 3. The van der Waals surface area contributed by atoms with Crippen LogP contribution in [0.2, 0.25) is 10.0 Å². The fourth-order valence-electron chi connectivity index (χ4n) is 4.92. The minimum absolute atomic E-state index is 0.632. The van der Waals surface area contributed by atoms with Gasteiger partial charge in [-0.2, -0.15) is 0 Å². The Balaban J connectivity index is 1.37. The summed E-state index contributed by atoms with van der Waals surface area (Å²) in [6.45, 7) is 6.78. The van der Waals surface area contributed by atoms with E-state index in [-0.39, 0.29) is 0 Å². The van der Waals surface area contributed by atoms with Gasteiger partial charge in [-0.15, -0.1) is 0 Å². The SMILES string of the molecule is Cc1ccccc1CN1CCN(c2ncnc3c2nc(-c2ccccc2Cl)n3-c2ccc(Cl)cc2)CC1. The third-order valence-corrected chi connectivity index (χ3v) is 7.53. The number of rotatable bonds is 5. The van der Waals surface area contributed by atoms with Crippen LogP contribution in [0.15, 0.2) is 79.1 Å². The molecule has 2 aromatic heterocycles. The molecule has 3 aromatic carbocycles. The van der Waals surface area contributed by atoms with Gasteiger partial charge in [0.15, 0.2) is 17.0 Å². The van der Waals surface area contributed by atoms with E-state index in [2.05, 4.69) is 46.0 Å². The smallest absolute Gasteiger partial charge is 0.170 e. The first-order valence-electron chi connectivity index (χ1n) is 12.3. The van der Waals surface area contributed by atoms with Gasteiger partial charge in [0.25, 0.3) is 0 Å². The highest BCUT2D eigenvalue weighted by Gasteiger charge is 2.25. The fourth-order valence-corrected chi connectivity index (χ4v) is 5.26. The first-order chi connectivity index (χ1) is 18.1. The van der Waals surface area contributed by atoms with Crippen LogP contribution in [0, 0.1) is 6.92 Å². The van der Waals surface area contributed by atoms with E-state index < -0.39 is 0 Å². The summed E-state index contributed by atoms with van der Waals surface area (Å²) in [4.78, 5) is 19.3. The normalized spacial score (nSPS) is 14.4. The van der Waals surface area contributed by atoms with Crippen molar-refractivity contribution in [3.05, 3.63) is 100 Å². The summed E-state index contributed by atoms with van der Waals surface area (Å²) in [5.41, 5.74) is 5.97. The molecule has 3 heterocycles. The van der Waals surface area contributed by atoms with Crippen LogP contribution in [0.3, 0.4) is 0 Å². The number of aryl methyl sites for hydroxylation is 1. The summed E-state index contributed by atoms with van der Waals surface area (Å²) in [6.07, 6.45) is 1.63. The van der Waals surface area contributed by atoms with Gasteiger partial charge in [-0.1, -0.05) is 59.6 Å². The van der Waals surface area contributed by atoms with Crippen LogP contribution in [0.25, 0.3) is 28.2 Å². The molecule has 0 amide bonds. The van der Waals surface area contributed by atoms with Crippen molar-refractivity contribution in [2.24, 2.45) is 0 Å². The van der Waals surface area contributed by atoms with E-state index in [1.54, 1.807) is 6.33 Å². The van der Waals surface area contributed by atoms with Gasteiger partial charge in [-0.3, -0.25) is 9.47 Å². The molecular weight excluding hydrogens is 503 g/mol. The van der Waals surface area contributed by atoms with Crippen molar-refractivity contribution in [1.29, 1.82) is 0 Å². The van der Waals surface area contributed by atoms with Crippen LogP contribution < -0.4 is 4.90 Å². The number of halogens is 2. The van der Waals surface area contributed by atoms with Crippen LogP contribution in [0.5, 0.6) is 0 Å². The van der Waals surface area contributed by atoms with E-state index in [0.717, 1.165) is 66.8 Å². The van der Waals surface area contributed by atoms with Gasteiger partial charge in [0, 0.05) is 49.0 Å². The first kappa shape index (κ1) is 23.9. The topological polar surface area (TPSA) is 50.1 Å². The van der Waals surface area contributed by atoms with Gasteiger partial charge >= 0.3 is 0 Å². The number of fused-ring (bicyclic) bond motifs is 1. The average Bonchev–Trinajstić information content (AvgIpc) is 3.31. The highest BCUT2D eigenvalue weighted by atomic mass is 35.5. The molecule has 1 aliphatic rings. The number of hydrogen-bond acceptors (Lipinski definition) is 5. The molecule has 0 bridgehead atoms. The molecular formula is C29H26Cl2N6. The molecule has 186 valence electrons. The van der Waals surface area contributed by atoms with Gasteiger partial charge in [-0.05, 0) is 54.4 Å². The second-order valence-corrected chi connectivity index (χ2v) is 10.1. The molecule has 6 rings (SSSR count). The van der Waals surface area contributed by atoms with E-state index in [9.17, 15) is 0 Å². The summed E-state index contributed by atoms with van der Waals surface area (Å²) in [5, 5.41) is 1.30. The van der Waals surface area contributed by atoms with E-state index in [1.807, 2.05) is 53.1 Å². The van der Waals surface area contributed by atoms with Crippen molar-refractivity contribution in [2.45, 2.75) is 13.5 Å². The zero-order valence-corrected chi connectivity index (χ0v) is 22.0. The molecule has 6 nitrogen and oxygen atoms in total. The van der Waals surface area contributed by atoms with Crippen molar-refractivity contribution in [3.63, 3.8) is 0 Å². The van der Waals surface area contributed by atoms with Crippen molar-refractivity contribution in [1.82, 2.24) is 24.4 Å². The fraction of sp³-hybridized carbons (Fsp3) is 0.207. The highest BCUT2D eigenvalue weighted by Crippen LogP contribution is 2.35. The Hall–Kier alpha value is -3.45. The molecule has 5 aromatic rings. The van der Waals surface area contributed by atoms with Gasteiger partial charge in [0.05, 0.1) is 5.02 Å². The Morgan fingerprint density at radius 1 is 0.811 bits per heavy atom. The molecule has 0 aliphatic carbocycles. The first-order valence-corrected chi connectivity index (χ1v) is 13.1. The summed E-state index contributed by atoms with van der Waals surface area (Å²) in [5.74, 6) is 1.57. The summed E-state index contributed by atoms with van der Waals surface area (Å²) < 4.78 is 2.03. The monoisotopic (exact) mass is 528 g/mol. The lowest BCUT2D eigenvalue weighted by Gasteiger charge is -2.35. The number of imidazole rings is 1. The Bertz CT molecular complexity index is 1560. The summed E-state index contributed by atoms with van der Waals surface area (Å²) >= 11 is 12.8. The molecule has 1 aliphatic heterocycles. The van der Waals surface area contributed by atoms with Crippen LogP contribution in [-0.4, -0.2) is 50.6 Å². The van der Waals surface area contributed by atoms with Crippen LogP contribution in [-0.2, 0) is 6.54 Å². The number of hydrogen-bond donors (Lipinski definition) is 0. The van der Waals surface area contributed by atoms with Gasteiger partial charge in [0.2, 0.25) is 0 Å². The largest absolute Gasteiger partial charge is 0.352 e. The van der Waals surface area contributed by atoms with Crippen LogP contribution in [0.1, 0.15) is 11.1 Å². The zero-order valence-electron chi connectivity index (χ0n) is 20.5. The van der Waals surface area contributed by atoms with Gasteiger partial charge in [-0.25, -0.2) is 15.0 Å². The highest BCUT2D eigenvalue weighted by molar-refractivity contribution is 6.33. The molecule has 0 radical (unpaired) electrons. The number of anilines is 1. The Labute approximate surface area is 226 Å². The number of aromatic nitrogens is 4. The van der Waals surface area contributed by atoms with Crippen molar-refractivity contribution in [3.8, 4) is 17.1 Å². The lowest BCUT2D eigenvalue weighted by atomic mass is 10.1. The Morgan fingerprint density at radius 3 is 2.30 bits per heavy atom. The third kappa shape index (κ3) is 4.68. The minimum Gasteiger partial charge on any atom is -0.352 e. The molecule has 0 unspecified atom stereocenters. The van der Waals surface area contributed by atoms with E-state index in [4.69, 9.17) is 33.2 Å². The second kappa shape index (κ2) is 10.1. The maximum absolute atomic E-state index is 6.63. The van der Waals surface area contributed by atoms with Crippen LogP contribution >= 0.6 is 23.2 Å². The van der Waals surface area contributed by atoms with E-state index >= 15 is 0 Å². The lowest BCUT2D eigenvalue weighted by molar-refractivity contribution is 0.249. The quantitative estimate of drug-likeness (QED) is 0.263. The lowest BCUT2D eigenvalue weighted by Crippen LogP contribution is -2.46. The van der Waals surface area contributed by atoms with Gasteiger partial charge < -0.3 is 4.90 Å². The van der Waals surface area contributed by atoms with Crippen molar-refractivity contribution < 1.29 is 0 Å². The molecule has 0 N–H and O–H groups in total. The maximum Gasteiger partial charge on any atom is 0.170 e. The minimum atomic E-state index is 0.632. The summed E-state index contributed by atoms with van der Waals surface area (Å²) in [6, 6.07) is 24.0. The molecule has 0 atom stereocenters. The Morgan fingerprint density at radius 2 is 1.54 bits per heavy atom. The van der Waals surface area contributed by atoms with E-state index in [1.165, 1.54) is 11.1 Å². The van der Waals surface area contributed by atoms with E-state index in [0.29, 0.717) is 10.0 Å². The Kier molecular flexibility index (Phi) is 6.55. The van der Waals surface area contributed by atoms with Crippen LogP contribution in [0.4, 0.5) is 5.82 Å². The zero-order chi connectivity index (χ0) is 25.4. The van der Waals surface area contributed by atoms with Gasteiger partial charge in [0.1, 0.15) is 12.2 Å². The number of nitrogens with zero attached hydrogens (tertiary/aromatic N) is 6. The van der Waals surface area contributed by atoms with Crippen molar-refractivity contribution >= 4 is 40.2 Å². The summed E-state index contributed by atoms with van der Waals surface area (Å²) in [7, 11) is 0. The maximum atomic E-state index is 6.63. The molecule has 1 fully saturated rings. The average molecular weight is 529 g/mol. The third-order valence-electron chi connectivity index (χ3n) is 6.95. The molecule has 8 heteroatoms. The second-order valence-electron chi connectivity index (χ2n) is 9.29. The molecule has 37 heavy (non-hydrogen) atoms. The predicted octanol–water partition coefficient (Wildman–Crippen LogP) is 6.42. The number of piperazine rings is 1. The molecule has 1 saturated heterocycles. The standard InChI is InChI=1S/C29H26Cl2N6/c1-20-6-2-3-7-21(20)18-35-14-16-36(17-15-35)28-26-29(33-19-32-28)37(23-12-10-22(30)11-13-23)27(34-26)24-8-4-5-9-25(24)31/h2-13,19H,14-18H2,1H3. The molecule has 0 saturated carbocycles.